The van der Waals surface area contributed by atoms with Crippen molar-refractivity contribution in [1.29, 1.82) is 0 Å². The SMILES string of the molecule is CC(C)(C)CC(C)(CO)COCCCCn1nnc2c1CCC1C(CC2)C1COC(=O)CCCOCCOCCNC(=O)C(C)(C)C.CC(O)C(CC(=O)C(C)(C)C)C(=O)NCCC(C)(C)C. The molecule has 1 heterocycles. The van der Waals surface area contributed by atoms with Crippen LogP contribution >= 0.6 is 0 Å². The van der Waals surface area contributed by atoms with Crippen LogP contribution < -0.4 is 10.6 Å². The molecule has 0 radical (unpaired) electrons. The summed E-state index contributed by atoms with van der Waals surface area (Å²) in [5.41, 5.74) is 1.59. The lowest BCUT2D eigenvalue weighted by Gasteiger charge is -2.33. The first-order valence-corrected chi connectivity index (χ1v) is 25.3. The Labute approximate surface area is 404 Å². The van der Waals surface area contributed by atoms with Gasteiger partial charge in [0.2, 0.25) is 11.8 Å². The van der Waals surface area contributed by atoms with Crippen LogP contribution in [0.4, 0.5) is 0 Å². The van der Waals surface area contributed by atoms with Crippen molar-refractivity contribution in [3.63, 3.8) is 0 Å². The van der Waals surface area contributed by atoms with E-state index in [2.05, 4.69) is 74.1 Å². The lowest BCUT2D eigenvalue weighted by Crippen LogP contribution is -2.40. The van der Waals surface area contributed by atoms with Crippen LogP contribution in [0.2, 0.25) is 0 Å². The van der Waals surface area contributed by atoms with Crippen LogP contribution in [0.3, 0.4) is 0 Å². The van der Waals surface area contributed by atoms with Gasteiger partial charge in [0.1, 0.15) is 5.78 Å². The third kappa shape index (κ3) is 24.4. The molecule has 2 amide bonds. The van der Waals surface area contributed by atoms with Gasteiger partial charge in [-0.25, -0.2) is 4.68 Å². The maximum atomic E-state index is 12.3. The van der Waals surface area contributed by atoms with Crippen molar-refractivity contribution in [3.05, 3.63) is 11.4 Å². The van der Waals surface area contributed by atoms with Crippen molar-refractivity contribution in [2.75, 3.05) is 65.9 Å². The number of aryl methyl sites for hydroxylation is 2. The second-order valence-electron chi connectivity index (χ2n) is 24.1. The normalized spacial score (nSPS) is 19.3. The molecule has 0 aliphatic heterocycles. The number of unbranched alkanes of at least 4 members (excludes halogenated alkanes) is 1. The van der Waals surface area contributed by atoms with Crippen molar-refractivity contribution in [2.24, 2.45) is 50.7 Å². The summed E-state index contributed by atoms with van der Waals surface area (Å²) in [5.74, 6) is 0.607. The molecule has 2 aliphatic carbocycles. The van der Waals surface area contributed by atoms with E-state index in [0.29, 0.717) is 89.9 Å². The summed E-state index contributed by atoms with van der Waals surface area (Å²) >= 11 is 0. The van der Waals surface area contributed by atoms with E-state index in [1.165, 1.54) is 5.69 Å². The van der Waals surface area contributed by atoms with Gasteiger partial charge < -0.3 is 39.8 Å². The van der Waals surface area contributed by atoms with Crippen molar-refractivity contribution in [2.45, 2.75) is 180 Å². The Kier molecular flexibility index (Phi) is 25.1. The minimum absolute atomic E-state index is 0.00521. The summed E-state index contributed by atoms with van der Waals surface area (Å²) in [7, 11) is 0. The molecule has 388 valence electrons. The zero-order chi connectivity index (χ0) is 50.6. The predicted molar refractivity (Wildman–Crippen MR) is 262 cm³/mol. The molecule has 15 heteroatoms. The Morgan fingerprint density at radius 3 is 1.97 bits per heavy atom. The maximum absolute atomic E-state index is 12.3. The van der Waals surface area contributed by atoms with Crippen LogP contribution in [0.25, 0.3) is 0 Å². The van der Waals surface area contributed by atoms with Crippen LogP contribution in [0.5, 0.6) is 0 Å². The van der Waals surface area contributed by atoms with E-state index in [4.69, 9.17) is 18.9 Å². The first kappa shape index (κ1) is 60.1. The molecule has 6 atom stereocenters. The minimum atomic E-state index is -0.823. The number of carbonyl (C=O) groups excluding carboxylic acids is 4. The van der Waals surface area contributed by atoms with Gasteiger partial charge in [-0.2, -0.15) is 0 Å². The zero-order valence-corrected chi connectivity index (χ0v) is 44.4. The minimum Gasteiger partial charge on any atom is -0.465 e. The van der Waals surface area contributed by atoms with Crippen LogP contribution in [-0.4, -0.2) is 121 Å². The number of fused-ring (bicyclic) bond motifs is 2. The van der Waals surface area contributed by atoms with E-state index in [1.54, 1.807) is 6.92 Å². The summed E-state index contributed by atoms with van der Waals surface area (Å²) in [5, 5.41) is 34.3. The van der Waals surface area contributed by atoms with Crippen LogP contribution in [0.15, 0.2) is 0 Å². The Bertz CT molecular complexity index is 1640. The molecule has 0 aromatic carbocycles. The number of nitrogens with one attached hydrogen (secondary N) is 2. The molecule has 1 saturated carbocycles. The first-order chi connectivity index (χ1) is 31.1. The van der Waals surface area contributed by atoms with Crippen LogP contribution in [0, 0.1) is 50.7 Å². The number of nitrogens with zero attached hydrogens (tertiary/aromatic N) is 3. The lowest BCUT2D eigenvalue weighted by molar-refractivity contribution is -0.144. The van der Waals surface area contributed by atoms with Gasteiger partial charge in [-0.3, -0.25) is 19.2 Å². The van der Waals surface area contributed by atoms with Crippen molar-refractivity contribution < 1.29 is 48.3 Å². The smallest absolute Gasteiger partial charge is 0.305 e. The van der Waals surface area contributed by atoms with Gasteiger partial charge in [0, 0.05) is 61.9 Å². The van der Waals surface area contributed by atoms with Crippen LogP contribution in [0.1, 0.15) is 166 Å². The molecule has 4 N–H and O–H groups in total. The van der Waals surface area contributed by atoms with E-state index in [0.717, 1.165) is 63.6 Å². The highest BCUT2D eigenvalue weighted by molar-refractivity contribution is 5.89. The second-order valence-corrected chi connectivity index (χ2v) is 24.1. The van der Waals surface area contributed by atoms with Gasteiger partial charge in [0.25, 0.3) is 0 Å². The Balaban J connectivity index is 0.000000647. The zero-order valence-electron chi connectivity index (χ0n) is 44.4. The number of Topliss-reactive ketones (excluding diaryl/α,β-unsaturated/α-hetero) is 1. The van der Waals surface area contributed by atoms with E-state index in [-0.39, 0.29) is 52.8 Å². The molecule has 3 rings (SSSR count). The van der Waals surface area contributed by atoms with E-state index >= 15 is 0 Å². The van der Waals surface area contributed by atoms with Gasteiger partial charge in [-0.05, 0) is 93.3 Å². The van der Waals surface area contributed by atoms with Crippen molar-refractivity contribution in [3.8, 4) is 0 Å². The Morgan fingerprint density at radius 2 is 1.39 bits per heavy atom. The number of ketones is 1. The van der Waals surface area contributed by atoms with Gasteiger partial charge in [-0.1, -0.05) is 95.2 Å². The molecule has 0 spiro atoms. The summed E-state index contributed by atoms with van der Waals surface area (Å²) in [6.07, 6.45) is 8.02. The summed E-state index contributed by atoms with van der Waals surface area (Å²) < 4.78 is 24.8. The predicted octanol–water partition coefficient (Wildman–Crippen LogP) is 7.31. The number of esters is 1. The Morgan fingerprint density at radius 1 is 0.761 bits per heavy atom. The quantitative estimate of drug-likeness (QED) is 0.0507. The maximum Gasteiger partial charge on any atom is 0.305 e. The van der Waals surface area contributed by atoms with Crippen molar-refractivity contribution >= 4 is 23.6 Å². The monoisotopic (exact) mass is 950 g/mol. The Hall–Kier alpha value is -2.98. The molecular formula is C52H95N5O10. The van der Waals surface area contributed by atoms with E-state index in [1.807, 2.05) is 41.5 Å². The largest absolute Gasteiger partial charge is 0.465 e. The topological polar surface area (TPSA) is 200 Å². The number of amides is 2. The fourth-order valence-corrected chi connectivity index (χ4v) is 8.55. The molecule has 1 aromatic rings. The number of ether oxygens (including phenoxy) is 4. The summed E-state index contributed by atoms with van der Waals surface area (Å²) in [6, 6.07) is 0. The number of carbonyl (C=O) groups is 4. The number of aliphatic hydroxyl groups excluding tert-OH is 2. The molecular weight excluding hydrogens is 855 g/mol. The number of hydrogen-bond donors (Lipinski definition) is 4. The number of rotatable bonds is 27. The first-order valence-electron chi connectivity index (χ1n) is 25.3. The highest BCUT2D eigenvalue weighted by Crippen LogP contribution is 2.53. The van der Waals surface area contributed by atoms with Gasteiger partial charge in [-0.15, -0.1) is 5.10 Å². The highest BCUT2D eigenvalue weighted by Gasteiger charge is 2.50. The molecule has 6 unspecified atom stereocenters. The lowest BCUT2D eigenvalue weighted by atomic mass is 9.76. The van der Waals surface area contributed by atoms with Gasteiger partial charge >= 0.3 is 5.97 Å². The molecule has 2 aliphatic rings. The molecule has 1 aromatic heterocycles. The number of aromatic nitrogens is 3. The van der Waals surface area contributed by atoms with Gasteiger partial charge in [0.15, 0.2) is 0 Å². The van der Waals surface area contributed by atoms with E-state index in [9.17, 15) is 29.4 Å². The fourth-order valence-electron chi connectivity index (χ4n) is 8.55. The average Bonchev–Trinajstić information content (AvgIpc) is 3.71. The average molecular weight is 950 g/mol. The summed E-state index contributed by atoms with van der Waals surface area (Å²) in [6.45, 7) is 33.3. The van der Waals surface area contributed by atoms with Crippen molar-refractivity contribution in [1.82, 2.24) is 25.6 Å². The third-order valence-corrected chi connectivity index (χ3v) is 12.6. The second kappa shape index (κ2) is 28.0. The third-order valence-electron chi connectivity index (χ3n) is 12.6. The molecule has 0 bridgehead atoms. The molecule has 1 fully saturated rings. The molecule has 15 nitrogen and oxygen atoms in total. The highest BCUT2D eigenvalue weighted by atomic mass is 16.5. The molecule has 0 saturated heterocycles. The summed E-state index contributed by atoms with van der Waals surface area (Å²) in [4.78, 5) is 48.3. The standard InChI is InChI=1S/C36H64N4O7.C16H31NO3/c1-34(2,3)24-36(7,25-41)26-46-18-9-8-17-40-31-15-13-28-27(12-14-30(31)38-39-40)29(28)23-47-32(42)11-10-19-44-21-22-45-20-16-37-33(43)35(4,5)6;1-11(18)12(10-13(19)16(5,6)7)14(20)17-9-8-15(2,3)4/h27-29,41H,8-26H2,1-7H3,(H,37,43);11-12,18H,8-10H2,1-7H3,(H,17,20). The van der Waals surface area contributed by atoms with E-state index < -0.39 is 22.9 Å². The fraction of sp³-hybridized carbons (Fsp3) is 0.885. The molecule has 67 heavy (non-hydrogen) atoms. The van der Waals surface area contributed by atoms with Gasteiger partial charge in [0.05, 0.1) is 63.1 Å². The number of hydrogen-bond acceptors (Lipinski definition) is 12. The van der Waals surface area contributed by atoms with Crippen LogP contribution in [-0.2, 0) is 57.5 Å². The number of aliphatic hydroxyl groups is 2.